The highest BCUT2D eigenvalue weighted by atomic mass is 16.4. The Morgan fingerprint density at radius 1 is 1.44 bits per heavy atom. The summed E-state index contributed by atoms with van der Waals surface area (Å²) in [5.74, 6) is -1.02. The predicted molar refractivity (Wildman–Crippen MR) is 65.3 cm³/mol. The van der Waals surface area contributed by atoms with E-state index < -0.39 is 5.97 Å². The molecule has 0 saturated carbocycles. The zero-order valence-electron chi connectivity index (χ0n) is 9.58. The van der Waals surface area contributed by atoms with Crippen molar-refractivity contribution in [3.05, 3.63) is 36.2 Å². The minimum absolute atomic E-state index is 0.0733. The third-order valence-corrected chi connectivity index (χ3v) is 2.85. The molecule has 0 aliphatic carbocycles. The highest BCUT2D eigenvalue weighted by molar-refractivity contribution is 5.94. The molecule has 3 aromatic rings. The standard InChI is InChI=1S/C12H10N4O2/c1-16-11-7(6-13-16)3-2-4-8(11)9-5-10(12(17)18)15-14-9/h2-6H,1H3,(H,14,15)(H,17,18). The number of aromatic amines is 1. The number of nitrogens with zero attached hydrogens (tertiary/aromatic N) is 3. The van der Waals surface area contributed by atoms with Gasteiger partial charge < -0.3 is 5.11 Å². The molecule has 0 aliphatic rings. The third kappa shape index (κ3) is 1.46. The van der Waals surface area contributed by atoms with Crippen molar-refractivity contribution in [2.45, 2.75) is 0 Å². The molecule has 0 unspecified atom stereocenters. The third-order valence-electron chi connectivity index (χ3n) is 2.85. The maximum Gasteiger partial charge on any atom is 0.353 e. The van der Waals surface area contributed by atoms with E-state index in [2.05, 4.69) is 15.3 Å². The summed E-state index contributed by atoms with van der Waals surface area (Å²) >= 11 is 0. The first-order valence-corrected chi connectivity index (χ1v) is 5.36. The minimum atomic E-state index is -1.02. The lowest BCUT2D eigenvalue weighted by Gasteiger charge is -2.01. The molecule has 0 spiro atoms. The Balaban J connectivity index is 2.24. The van der Waals surface area contributed by atoms with Crippen LogP contribution in [0, 0.1) is 0 Å². The average Bonchev–Trinajstić information content (AvgIpc) is 2.96. The van der Waals surface area contributed by atoms with E-state index in [0.717, 1.165) is 16.5 Å². The molecule has 2 aromatic heterocycles. The number of fused-ring (bicyclic) bond motifs is 1. The van der Waals surface area contributed by atoms with Crippen LogP contribution in [0.4, 0.5) is 0 Å². The molecule has 0 saturated heterocycles. The summed E-state index contributed by atoms with van der Waals surface area (Å²) in [5.41, 5.74) is 2.46. The van der Waals surface area contributed by atoms with Crippen LogP contribution in [0.25, 0.3) is 22.2 Å². The second kappa shape index (κ2) is 3.69. The summed E-state index contributed by atoms with van der Waals surface area (Å²) in [5, 5.41) is 20.6. The molecule has 0 atom stereocenters. The molecule has 2 heterocycles. The van der Waals surface area contributed by atoms with Crippen molar-refractivity contribution in [2.75, 3.05) is 0 Å². The Bertz CT molecular complexity index is 741. The maximum absolute atomic E-state index is 10.8. The molecular formula is C12H10N4O2. The summed E-state index contributed by atoms with van der Waals surface area (Å²) in [4.78, 5) is 10.8. The molecule has 3 rings (SSSR count). The van der Waals surface area contributed by atoms with Crippen molar-refractivity contribution in [3.8, 4) is 11.3 Å². The van der Waals surface area contributed by atoms with Crippen molar-refractivity contribution >= 4 is 16.9 Å². The Morgan fingerprint density at radius 3 is 3.00 bits per heavy atom. The van der Waals surface area contributed by atoms with Crippen molar-refractivity contribution in [1.82, 2.24) is 20.0 Å². The molecule has 0 radical (unpaired) electrons. The van der Waals surface area contributed by atoms with Gasteiger partial charge in [-0.25, -0.2) is 4.79 Å². The van der Waals surface area contributed by atoms with E-state index in [0.29, 0.717) is 5.69 Å². The fraction of sp³-hybridized carbons (Fsp3) is 0.0833. The Morgan fingerprint density at radius 2 is 2.28 bits per heavy atom. The molecule has 6 heteroatoms. The molecule has 0 fully saturated rings. The second-order valence-electron chi connectivity index (χ2n) is 3.98. The summed E-state index contributed by atoms with van der Waals surface area (Å²) in [7, 11) is 1.84. The summed E-state index contributed by atoms with van der Waals surface area (Å²) in [6, 6.07) is 7.26. The lowest BCUT2D eigenvalue weighted by molar-refractivity contribution is 0.0690. The number of para-hydroxylation sites is 1. The zero-order valence-corrected chi connectivity index (χ0v) is 9.58. The van der Waals surface area contributed by atoms with Crippen molar-refractivity contribution in [2.24, 2.45) is 7.05 Å². The monoisotopic (exact) mass is 242 g/mol. The fourth-order valence-electron chi connectivity index (χ4n) is 2.01. The van der Waals surface area contributed by atoms with Crippen LogP contribution < -0.4 is 0 Å². The SMILES string of the molecule is Cn1ncc2cccc(-c3cc(C(=O)O)[nH]n3)c21. The van der Waals surface area contributed by atoms with Crippen LogP contribution in [0.1, 0.15) is 10.5 Å². The number of nitrogens with one attached hydrogen (secondary N) is 1. The second-order valence-corrected chi connectivity index (χ2v) is 3.98. The fourth-order valence-corrected chi connectivity index (χ4v) is 2.01. The smallest absolute Gasteiger partial charge is 0.353 e. The van der Waals surface area contributed by atoms with Crippen LogP contribution in [-0.2, 0) is 7.05 Å². The summed E-state index contributed by atoms with van der Waals surface area (Å²) in [6.07, 6.45) is 1.77. The van der Waals surface area contributed by atoms with E-state index in [-0.39, 0.29) is 5.69 Å². The number of benzene rings is 1. The zero-order chi connectivity index (χ0) is 12.7. The van der Waals surface area contributed by atoms with Gasteiger partial charge in [-0.2, -0.15) is 10.2 Å². The largest absolute Gasteiger partial charge is 0.477 e. The van der Waals surface area contributed by atoms with E-state index in [1.807, 2.05) is 25.2 Å². The van der Waals surface area contributed by atoms with E-state index in [4.69, 9.17) is 5.11 Å². The van der Waals surface area contributed by atoms with Crippen molar-refractivity contribution < 1.29 is 9.90 Å². The van der Waals surface area contributed by atoms with Gasteiger partial charge in [0.2, 0.25) is 0 Å². The number of hydrogen-bond acceptors (Lipinski definition) is 3. The minimum Gasteiger partial charge on any atom is -0.477 e. The van der Waals surface area contributed by atoms with Gasteiger partial charge in [0.05, 0.1) is 17.4 Å². The molecule has 6 nitrogen and oxygen atoms in total. The van der Waals surface area contributed by atoms with E-state index in [1.165, 1.54) is 6.07 Å². The number of carbonyl (C=O) groups is 1. The van der Waals surface area contributed by atoms with Gasteiger partial charge in [-0.15, -0.1) is 0 Å². The number of aromatic carboxylic acids is 1. The molecule has 90 valence electrons. The Kier molecular flexibility index (Phi) is 2.16. The molecular weight excluding hydrogens is 232 g/mol. The van der Waals surface area contributed by atoms with Crippen LogP contribution in [0.2, 0.25) is 0 Å². The van der Waals surface area contributed by atoms with Gasteiger partial charge in [-0.1, -0.05) is 18.2 Å². The molecule has 1 aromatic carbocycles. The highest BCUT2D eigenvalue weighted by Gasteiger charge is 2.13. The van der Waals surface area contributed by atoms with Gasteiger partial charge in [0, 0.05) is 18.0 Å². The van der Waals surface area contributed by atoms with Crippen LogP contribution in [0.5, 0.6) is 0 Å². The highest BCUT2D eigenvalue weighted by Crippen LogP contribution is 2.26. The molecule has 0 aliphatic heterocycles. The maximum atomic E-state index is 10.8. The van der Waals surface area contributed by atoms with E-state index in [1.54, 1.807) is 10.9 Å². The van der Waals surface area contributed by atoms with Crippen LogP contribution in [-0.4, -0.2) is 31.1 Å². The number of hydrogen-bond donors (Lipinski definition) is 2. The predicted octanol–water partition coefficient (Wildman–Crippen LogP) is 1.66. The van der Waals surface area contributed by atoms with E-state index in [9.17, 15) is 4.79 Å². The lowest BCUT2D eigenvalue weighted by atomic mass is 10.1. The van der Waals surface area contributed by atoms with Crippen LogP contribution >= 0.6 is 0 Å². The number of aromatic nitrogens is 4. The number of aryl methyl sites for hydroxylation is 1. The molecule has 0 amide bonds. The van der Waals surface area contributed by atoms with Crippen LogP contribution in [0.15, 0.2) is 30.5 Å². The quantitative estimate of drug-likeness (QED) is 0.715. The summed E-state index contributed by atoms with van der Waals surface area (Å²) < 4.78 is 1.75. The Labute approximate surface area is 102 Å². The lowest BCUT2D eigenvalue weighted by Crippen LogP contribution is -1.95. The topological polar surface area (TPSA) is 83.8 Å². The molecule has 0 bridgehead atoms. The van der Waals surface area contributed by atoms with Gasteiger partial charge >= 0.3 is 5.97 Å². The van der Waals surface area contributed by atoms with Gasteiger partial charge in [-0.05, 0) is 6.07 Å². The van der Waals surface area contributed by atoms with Crippen molar-refractivity contribution in [3.63, 3.8) is 0 Å². The summed E-state index contributed by atoms with van der Waals surface area (Å²) in [6.45, 7) is 0. The number of carboxylic acid groups (broad SMARTS) is 1. The van der Waals surface area contributed by atoms with Gasteiger partial charge in [0.1, 0.15) is 5.69 Å². The normalized spacial score (nSPS) is 10.9. The molecule has 18 heavy (non-hydrogen) atoms. The van der Waals surface area contributed by atoms with Gasteiger partial charge in [0.15, 0.2) is 0 Å². The average molecular weight is 242 g/mol. The van der Waals surface area contributed by atoms with Gasteiger partial charge in [-0.3, -0.25) is 9.78 Å². The van der Waals surface area contributed by atoms with Crippen molar-refractivity contribution in [1.29, 1.82) is 0 Å². The first kappa shape index (κ1) is 10.5. The number of rotatable bonds is 2. The molecule has 2 N–H and O–H groups in total. The van der Waals surface area contributed by atoms with Gasteiger partial charge in [0.25, 0.3) is 0 Å². The number of H-pyrrole nitrogens is 1. The van der Waals surface area contributed by atoms with E-state index >= 15 is 0 Å². The first-order chi connectivity index (χ1) is 8.66. The Hall–Kier alpha value is -2.63. The first-order valence-electron chi connectivity index (χ1n) is 5.36. The number of carboxylic acids is 1. The van der Waals surface area contributed by atoms with Crippen LogP contribution in [0.3, 0.4) is 0 Å².